The Balaban J connectivity index is 1.86. The molecule has 2 unspecified atom stereocenters. The molecule has 9 heteroatoms. The van der Waals surface area contributed by atoms with Crippen LogP contribution in [0.1, 0.15) is 32.8 Å². The second-order valence-corrected chi connectivity index (χ2v) is 12.4. The van der Waals surface area contributed by atoms with Crippen molar-refractivity contribution in [2.24, 2.45) is 0 Å². The highest BCUT2D eigenvalue weighted by Crippen LogP contribution is 2.40. The molecule has 0 saturated heterocycles. The summed E-state index contributed by atoms with van der Waals surface area (Å²) in [7, 11) is -4.11. The van der Waals surface area contributed by atoms with Crippen LogP contribution in [0.25, 0.3) is 12.2 Å². The zero-order valence-corrected chi connectivity index (χ0v) is 23.9. The normalized spacial score (nSPS) is 13.7. The van der Waals surface area contributed by atoms with Gasteiger partial charge >= 0.3 is 0 Å². The lowest BCUT2D eigenvalue weighted by atomic mass is 10.1. The predicted octanol–water partition coefficient (Wildman–Crippen LogP) is 10.2. The van der Waals surface area contributed by atoms with Gasteiger partial charge in [0.05, 0.1) is 20.1 Å². The lowest BCUT2D eigenvalue weighted by molar-refractivity contribution is 0.584. The van der Waals surface area contributed by atoms with Crippen molar-refractivity contribution >= 4 is 68.4 Å². The highest BCUT2D eigenvalue weighted by Gasteiger charge is 2.34. The van der Waals surface area contributed by atoms with Crippen LogP contribution in [-0.2, 0) is 9.84 Å². The lowest BCUT2D eigenvalue weighted by Gasteiger charge is -2.22. The molecule has 200 valence electrons. The van der Waals surface area contributed by atoms with Crippen molar-refractivity contribution < 1.29 is 17.2 Å². The van der Waals surface area contributed by atoms with Crippen LogP contribution in [-0.4, -0.2) is 8.42 Å². The molecule has 39 heavy (non-hydrogen) atoms. The first-order valence-electron chi connectivity index (χ1n) is 11.5. The molecule has 4 aromatic carbocycles. The molecular weight excluding hydrogens is 604 g/mol. The Kier molecular flexibility index (Phi) is 9.52. The topological polar surface area (TPSA) is 34.1 Å². The predicted molar refractivity (Wildman–Crippen MR) is 158 cm³/mol. The van der Waals surface area contributed by atoms with Gasteiger partial charge in [-0.15, -0.1) is 0 Å². The maximum Gasteiger partial charge on any atom is 0.171 e. The number of halogens is 6. The third-order valence-corrected chi connectivity index (χ3v) is 9.67. The van der Waals surface area contributed by atoms with Gasteiger partial charge in [0.2, 0.25) is 0 Å². The minimum Gasteiger partial charge on any atom is -0.227 e. The molecule has 4 rings (SSSR count). The van der Waals surface area contributed by atoms with Crippen molar-refractivity contribution in [1.82, 2.24) is 0 Å². The van der Waals surface area contributed by atoms with E-state index in [-0.39, 0.29) is 20.1 Å². The Morgan fingerprint density at radius 2 is 0.897 bits per heavy atom. The monoisotopic (exact) mass is 622 g/mol. The van der Waals surface area contributed by atoms with Crippen molar-refractivity contribution in [2.75, 3.05) is 0 Å². The molecule has 0 amide bonds. The van der Waals surface area contributed by atoms with Gasteiger partial charge in [0.25, 0.3) is 0 Å². The fourth-order valence-corrected chi connectivity index (χ4v) is 6.48. The molecule has 0 radical (unpaired) electrons. The smallest absolute Gasteiger partial charge is 0.171 e. The van der Waals surface area contributed by atoms with Gasteiger partial charge in [-0.3, -0.25) is 0 Å². The molecule has 0 fully saturated rings. The molecule has 0 aliphatic rings. The molecule has 2 atom stereocenters. The maximum atomic E-state index is 14.4. The summed E-state index contributed by atoms with van der Waals surface area (Å²) in [5, 5.41) is -1.44. The highest BCUT2D eigenvalue weighted by molar-refractivity contribution is 7.92. The van der Waals surface area contributed by atoms with E-state index in [4.69, 9.17) is 46.4 Å². The van der Waals surface area contributed by atoms with E-state index in [0.717, 1.165) is 0 Å². The Morgan fingerprint density at radius 3 is 1.23 bits per heavy atom. The molecule has 2 nitrogen and oxygen atoms in total. The maximum absolute atomic E-state index is 14.4. The van der Waals surface area contributed by atoms with Crippen molar-refractivity contribution in [2.45, 2.75) is 10.5 Å². The molecule has 0 aromatic heterocycles. The van der Waals surface area contributed by atoms with Crippen LogP contribution >= 0.6 is 46.4 Å². The van der Waals surface area contributed by atoms with E-state index in [1.807, 2.05) is 0 Å². The molecular formula is C30H20Cl4F2O2S. The van der Waals surface area contributed by atoms with Gasteiger partial charge in [-0.05, 0) is 70.8 Å². The van der Waals surface area contributed by atoms with Crippen LogP contribution in [0, 0.1) is 11.6 Å². The van der Waals surface area contributed by atoms with Crippen LogP contribution in [0.4, 0.5) is 8.78 Å². The fourth-order valence-electron chi connectivity index (χ4n) is 3.90. The summed E-state index contributed by atoms with van der Waals surface area (Å²) in [6.45, 7) is 0. The van der Waals surface area contributed by atoms with Crippen molar-refractivity contribution in [3.63, 3.8) is 0 Å². The summed E-state index contributed by atoms with van der Waals surface area (Å²) < 4.78 is 55.7. The van der Waals surface area contributed by atoms with Crippen LogP contribution in [0.3, 0.4) is 0 Å². The minimum atomic E-state index is -4.11. The number of sulfone groups is 1. The molecule has 0 heterocycles. The van der Waals surface area contributed by atoms with E-state index in [1.54, 1.807) is 24.3 Å². The van der Waals surface area contributed by atoms with Gasteiger partial charge < -0.3 is 0 Å². The van der Waals surface area contributed by atoms with E-state index >= 15 is 0 Å². The van der Waals surface area contributed by atoms with Gasteiger partial charge in [-0.25, -0.2) is 17.2 Å². The molecule has 0 aliphatic carbocycles. The first kappa shape index (κ1) is 29.3. The molecule has 0 bridgehead atoms. The average molecular weight is 624 g/mol. The van der Waals surface area contributed by atoms with Gasteiger partial charge in [-0.2, -0.15) is 0 Å². The quantitative estimate of drug-likeness (QED) is 0.196. The SMILES string of the molecule is O=S(=O)(C(/C=C/c1ccc(F)cc1)c1ccc(Cl)c(Cl)c1)C(/C=C/c1ccc(F)cc1)c1ccc(Cl)c(Cl)c1. The fraction of sp³-hybridized carbons (Fsp3) is 0.0667. The van der Waals surface area contributed by atoms with Gasteiger partial charge in [-0.1, -0.05) is 107 Å². The average Bonchev–Trinajstić information content (AvgIpc) is 2.90. The van der Waals surface area contributed by atoms with Crippen molar-refractivity contribution in [1.29, 1.82) is 0 Å². The summed E-state index contributed by atoms with van der Waals surface area (Å²) in [6.07, 6.45) is 6.22. The second-order valence-electron chi connectivity index (χ2n) is 8.60. The highest BCUT2D eigenvalue weighted by atomic mass is 35.5. The van der Waals surface area contributed by atoms with E-state index < -0.39 is 32.0 Å². The summed E-state index contributed by atoms with van der Waals surface area (Å²) in [5.41, 5.74) is 1.96. The van der Waals surface area contributed by atoms with Crippen LogP contribution < -0.4 is 0 Å². The summed E-state index contributed by atoms with van der Waals surface area (Å²) >= 11 is 24.7. The third kappa shape index (κ3) is 7.30. The number of hydrogen-bond acceptors (Lipinski definition) is 2. The molecule has 4 aromatic rings. The van der Waals surface area contributed by atoms with Gasteiger partial charge in [0, 0.05) is 0 Å². The largest absolute Gasteiger partial charge is 0.227 e. The lowest BCUT2D eigenvalue weighted by Crippen LogP contribution is -2.19. The van der Waals surface area contributed by atoms with E-state index in [1.165, 1.54) is 84.9 Å². The molecule has 0 aliphatic heterocycles. The Morgan fingerprint density at radius 1 is 0.538 bits per heavy atom. The van der Waals surface area contributed by atoms with E-state index in [9.17, 15) is 17.2 Å². The van der Waals surface area contributed by atoms with Crippen LogP contribution in [0.15, 0.2) is 97.1 Å². The zero-order valence-electron chi connectivity index (χ0n) is 20.0. The van der Waals surface area contributed by atoms with Crippen LogP contribution in [0.2, 0.25) is 20.1 Å². The van der Waals surface area contributed by atoms with Crippen LogP contribution in [0.5, 0.6) is 0 Å². The van der Waals surface area contributed by atoms with Gasteiger partial charge in [0.15, 0.2) is 9.84 Å². The summed E-state index contributed by atoms with van der Waals surface area (Å²) in [6, 6.07) is 20.5. The first-order chi connectivity index (χ1) is 18.5. The van der Waals surface area contributed by atoms with Gasteiger partial charge in [0.1, 0.15) is 22.1 Å². The second kappa shape index (κ2) is 12.7. The number of rotatable bonds is 8. The Hall–Kier alpha value is -2.67. The Labute approximate surface area is 246 Å². The molecule has 0 saturated carbocycles. The van der Waals surface area contributed by atoms with E-state index in [0.29, 0.717) is 22.3 Å². The number of hydrogen-bond donors (Lipinski definition) is 0. The van der Waals surface area contributed by atoms with Crippen molar-refractivity contribution in [3.05, 3.63) is 151 Å². The standard InChI is InChI=1S/C30H20Cl4F2O2S/c31-25-13-7-21(17-27(25)33)29(15-5-19-1-9-23(35)10-2-19)39(37,38)30(22-8-14-26(32)28(34)18-22)16-6-20-3-11-24(36)12-4-20/h1-18,29-30H/b15-5+,16-6+. The van der Waals surface area contributed by atoms with Crippen molar-refractivity contribution in [3.8, 4) is 0 Å². The first-order valence-corrected chi connectivity index (χ1v) is 14.7. The zero-order chi connectivity index (χ0) is 28.2. The summed E-state index contributed by atoms with van der Waals surface area (Å²) in [5.74, 6) is -0.821. The summed E-state index contributed by atoms with van der Waals surface area (Å²) in [4.78, 5) is 0. The minimum absolute atomic E-state index is 0.192. The third-order valence-electron chi connectivity index (χ3n) is 5.92. The van der Waals surface area contributed by atoms with E-state index in [2.05, 4.69) is 0 Å². The molecule has 0 N–H and O–H groups in total. The Bertz CT molecular complexity index is 1520. The number of benzene rings is 4. The molecule has 0 spiro atoms.